The number of benzene rings is 1. The largest absolute Gasteiger partial charge is 0.481 e. The fraction of sp³-hybridized carbons (Fsp3) is 0.400. The van der Waals surface area contributed by atoms with E-state index < -0.39 is 11.4 Å². The van der Waals surface area contributed by atoms with E-state index in [2.05, 4.69) is 0 Å². The van der Waals surface area contributed by atoms with Crippen molar-refractivity contribution in [1.29, 1.82) is 0 Å². The Hall–Kier alpha value is -2.37. The van der Waals surface area contributed by atoms with Crippen molar-refractivity contribution in [3.05, 3.63) is 29.8 Å². The van der Waals surface area contributed by atoms with Crippen LogP contribution in [0, 0.1) is 0 Å². The average molecular weight is 288 g/mol. The number of carboxylic acids is 1. The van der Waals surface area contributed by atoms with E-state index in [1.165, 1.54) is 7.05 Å². The maximum absolute atomic E-state index is 11.7. The minimum Gasteiger partial charge on any atom is -0.481 e. The molecule has 1 aromatic rings. The number of carboxylic acid groups (broad SMARTS) is 1. The Balaban J connectivity index is 1.81. The number of nitrogens with zero attached hydrogens (tertiary/aromatic N) is 2. The third-order valence-electron chi connectivity index (χ3n) is 4.34. The number of likely N-dealkylation sites (N-methyl/N-ethyl adjacent to an activating group) is 1. The Morgan fingerprint density at radius 3 is 2.05 bits per heavy atom. The molecule has 0 unspecified atom stereocenters. The van der Waals surface area contributed by atoms with E-state index in [1.54, 1.807) is 29.2 Å². The lowest BCUT2D eigenvalue weighted by Gasteiger charge is -2.32. The van der Waals surface area contributed by atoms with E-state index in [1.807, 2.05) is 0 Å². The molecule has 1 aromatic carbocycles. The molecule has 0 spiro atoms. The number of anilines is 1. The first kappa shape index (κ1) is 13.6. The van der Waals surface area contributed by atoms with Gasteiger partial charge in [-0.25, -0.2) is 0 Å². The van der Waals surface area contributed by atoms with Gasteiger partial charge in [0.2, 0.25) is 11.8 Å². The van der Waals surface area contributed by atoms with Crippen molar-refractivity contribution in [2.45, 2.75) is 18.3 Å². The van der Waals surface area contributed by atoms with E-state index in [0.717, 1.165) is 16.2 Å². The molecule has 1 aliphatic heterocycles. The molecule has 1 heterocycles. The van der Waals surface area contributed by atoms with Crippen LogP contribution < -0.4 is 4.90 Å². The Morgan fingerprint density at radius 2 is 1.62 bits per heavy atom. The molecule has 0 atom stereocenters. The standard InChI is InChI=1S/C15H16N2O4/c1-16-12(18)8-17(9-13(16)19)11-4-2-10(3-5-11)15(6-7-15)14(20)21/h2-5H,6-9H2,1H3,(H,20,21). The molecule has 0 radical (unpaired) electrons. The molecule has 1 aliphatic carbocycles. The molecule has 2 aliphatic rings. The van der Waals surface area contributed by atoms with Gasteiger partial charge in [-0.15, -0.1) is 0 Å². The van der Waals surface area contributed by atoms with Crippen molar-refractivity contribution in [3.63, 3.8) is 0 Å². The highest BCUT2D eigenvalue weighted by Gasteiger charge is 2.51. The molecule has 110 valence electrons. The fourth-order valence-corrected chi connectivity index (χ4v) is 2.66. The van der Waals surface area contributed by atoms with Crippen LogP contribution in [0.5, 0.6) is 0 Å². The highest BCUT2D eigenvalue weighted by molar-refractivity contribution is 6.02. The van der Waals surface area contributed by atoms with Gasteiger partial charge in [-0.1, -0.05) is 12.1 Å². The number of imide groups is 1. The van der Waals surface area contributed by atoms with Gasteiger partial charge in [0.25, 0.3) is 0 Å². The van der Waals surface area contributed by atoms with Crippen LogP contribution in [-0.2, 0) is 19.8 Å². The molecule has 0 bridgehead atoms. The molecular weight excluding hydrogens is 272 g/mol. The number of carbonyl (C=O) groups excluding carboxylic acids is 2. The van der Waals surface area contributed by atoms with Crippen molar-refractivity contribution in [2.75, 3.05) is 25.0 Å². The number of rotatable bonds is 3. The maximum atomic E-state index is 11.7. The summed E-state index contributed by atoms with van der Waals surface area (Å²) in [6.45, 7) is 0.317. The van der Waals surface area contributed by atoms with E-state index in [4.69, 9.17) is 0 Å². The molecule has 6 nitrogen and oxygen atoms in total. The van der Waals surface area contributed by atoms with Crippen LogP contribution in [0.1, 0.15) is 18.4 Å². The van der Waals surface area contributed by atoms with Crippen molar-refractivity contribution in [2.24, 2.45) is 0 Å². The molecule has 1 saturated carbocycles. The van der Waals surface area contributed by atoms with Crippen LogP contribution >= 0.6 is 0 Å². The zero-order valence-electron chi connectivity index (χ0n) is 11.7. The topological polar surface area (TPSA) is 77.9 Å². The van der Waals surface area contributed by atoms with E-state index in [9.17, 15) is 19.5 Å². The first-order valence-corrected chi connectivity index (χ1v) is 6.82. The lowest BCUT2D eigenvalue weighted by Crippen LogP contribution is -2.52. The molecule has 2 fully saturated rings. The molecule has 1 N–H and O–H groups in total. The molecule has 2 amide bonds. The molecular formula is C15H16N2O4. The summed E-state index contributed by atoms with van der Waals surface area (Å²) in [5, 5.41) is 9.27. The van der Waals surface area contributed by atoms with Gasteiger partial charge in [-0.3, -0.25) is 19.3 Å². The fourth-order valence-electron chi connectivity index (χ4n) is 2.66. The van der Waals surface area contributed by atoms with Crippen LogP contribution in [-0.4, -0.2) is 47.9 Å². The second-order valence-electron chi connectivity index (χ2n) is 5.64. The first-order chi connectivity index (χ1) is 9.94. The smallest absolute Gasteiger partial charge is 0.314 e. The number of aliphatic carboxylic acids is 1. The zero-order chi connectivity index (χ0) is 15.2. The lowest BCUT2D eigenvalue weighted by molar-refractivity contribution is -0.143. The Bertz CT molecular complexity index is 601. The van der Waals surface area contributed by atoms with Gasteiger partial charge in [0.1, 0.15) is 0 Å². The Morgan fingerprint density at radius 1 is 1.10 bits per heavy atom. The third kappa shape index (κ3) is 2.16. The number of hydrogen-bond acceptors (Lipinski definition) is 4. The molecule has 6 heteroatoms. The van der Waals surface area contributed by atoms with Crippen molar-refractivity contribution >= 4 is 23.5 Å². The molecule has 1 saturated heterocycles. The van der Waals surface area contributed by atoms with Crippen LogP contribution in [0.3, 0.4) is 0 Å². The summed E-state index contributed by atoms with van der Waals surface area (Å²) in [6.07, 6.45) is 1.32. The Labute approximate surface area is 122 Å². The number of amides is 2. The molecule has 3 rings (SSSR count). The summed E-state index contributed by atoms with van der Waals surface area (Å²) >= 11 is 0. The normalized spacial score (nSPS) is 20.6. The number of hydrogen-bond donors (Lipinski definition) is 1. The second kappa shape index (κ2) is 4.58. The van der Waals surface area contributed by atoms with E-state index in [0.29, 0.717) is 12.8 Å². The molecule has 0 aromatic heterocycles. The quantitative estimate of drug-likeness (QED) is 0.824. The van der Waals surface area contributed by atoms with Crippen molar-refractivity contribution in [3.8, 4) is 0 Å². The van der Waals surface area contributed by atoms with Crippen molar-refractivity contribution in [1.82, 2.24) is 4.90 Å². The summed E-state index contributed by atoms with van der Waals surface area (Å²) in [5.41, 5.74) is 0.812. The SMILES string of the molecule is CN1C(=O)CN(c2ccc(C3(C(=O)O)CC3)cc2)CC1=O. The van der Waals surface area contributed by atoms with Gasteiger partial charge in [-0.05, 0) is 30.5 Å². The highest BCUT2D eigenvalue weighted by atomic mass is 16.4. The van der Waals surface area contributed by atoms with Gasteiger partial charge in [-0.2, -0.15) is 0 Å². The number of carbonyl (C=O) groups is 3. The third-order valence-corrected chi connectivity index (χ3v) is 4.34. The monoisotopic (exact) mass is 288 g/mol. The van der Waals surface area contributed by atoms with Gasteiger partial charge in [0.05, 0.1) is 18.5 Å². The van der Waals surface area contributed by atoms with Crippen LogP contribution in [0.4, 0.5) is 5.69 Å². The predicted molar refractivity (Wildman–Crippen MR) is 75.0 cm³/mol. The summed E-state index contributed by atoms with van der Waals surface area (Å²) in [7, 11) is 1.48. The minimum absolute atomic E-state index is 0.158. The van der Waals surface area contributed by atoms with Gasteiger partial charge >= 0.3 is 5.97 Å². The van der Waals surface area contributed by atoms with Crippen LogP contribution in [0.15, 0.2) is 24.3 Å². The summed E-state index contributed by atoms with van der Waals surface area (Å²) in [6, 6.07) is 7.13. The summed E-state index contributed by atoms with van der Waals surface area (Å²) < 4.78 is 0. The van der Waals surface area contributed by atoms with Crippen LogP contribution in [0.25, 0.3) is 0 Å². The van der Waals surface area contributed by atoms with Gasteiger partial charge in [0, 0.05) is 12.7 Å². The lowest BCUT2D eigenvalue weighted by atomic mass is 9.96. The van der Waals surface area contributed by atoms with Gasteiger partial charge < -0.3 is 10.0 Å². The maximum Gasteiger partial charge on any atom is 0.314 e. The van der Waals surface area contributed by atoms with Gasteiger partial charge in [0.15, 0.2) is 0 Å². The first-order valence-electron chi connectivity index (χ1n) is 6.82. The van der Waals surface area contributed by atoms with E-state index >= 15 is 0 Å². The number of piperazine rings is 1. The predicted octanol–water partition coefficient (Wildman–Crippen LogP) is 0.608. The molecule has 21 heavy (non-hydrogen) atoms. The van der Waals surface area contributed by atoms with Crippen LogP contribution in [0.2, 0.25) is 0 Å². The minimum atomic E-state index is -0.791. The zero-order valence-corrected chi connectivity index (χ0v) is 11.7. The van der Waals surface area contributed by atoms with E-state index in [-0.39, 0.29) is 24.9 Å². The average Bonchev–Trinajstić information content (AvgIpc) is 3.26. The highest BCUT2D eigenvalue weighted by Crippen LogP contribution is 2.48. The Kier molecular flexibility index (Phi) is 2.97. The summed E-state index contributed by atoms with van der Waals surface area (Å²) in [4.78, 5) is 37.5. The second-order valence-corrected chi connectivity index (χ2v) is 5.64. The van der Waals surface area contributed by atoms with Crippen molar-refractivity contribution < 1.29 is 19.5 Å². The summed E-state index contributed by atoms with van der Waals surface area (Å²) in [5.74, 6) is -1.26.